The van der Waals surface area contributed by atoms with Gasteiger partial charge in [0.25, 0.3) is 5.91 Å². The lowest BCUT2D eigenvalue weighted by atomic mass is 10.2. The van der Waals surface area contributed by atoms with E-state index in [0.717, 1.165) is 0 Å². The van der Waals surface area contributed by atoms with E-state index in [1.165, 1.54) is 0 Å². The Labute approximate surface area is 133 Å². The molecule has 0 fully saturated rings. The molecule has 2 amide bonds. The highest BCUT2D eigenvalue weighted by atomic mass is 35.5. The van der Waals surface area contributed by atoms with E-state index in [1.807, 2.05) is 0 Å². The van der Waals surface area contributed by atoms with Gasteiger partial charge in [-0.15, -0.1) is 0 Å². The van der Waals surface area contributed by atoms with Crippen LogP contribution in [0.2, 0.25) is 5.02 Å². The maximum atomic E-state index is 11.5. The van der Waals surface area contributed by atoms with Gasteiger partial charge in [0, 0.05) is 5.92 Å². The van der Waals surface area contributed by atoms with Gasteiger partial charge in [-0.25, -0.2) is 0 Å². The number of thiocarbonyl (C=S) groups is 1. The second kappa shape index (κ2) is 8.43. The minimum absolute atomic E-state index is 0.0137. The summed E-state index contributed by atoms with van der Waals surface area (Å²) in [7, 11) is 0. The van der Waals surface area contributed by atoms with E-state index in [4.69, 9.17) is 28.6 Å². The Kier molecular flexibility index (Phi) is 6.90. The zero-order valence-corrected chi connectivity index (χ0v) is 13.2. The van der Waals surface area contributed by atoms with E-state index in [9.17, 15) is 9.59 Å². The van der Waals surface area contributed by atoms with Crippen molar-refractivity contribution in [2.45, 2.75) is 13.8 Å². The fraction of sp³-hybridized carbons (Fsp3) is 0.308. The number of halogens is 1. The maximum absolute atomic E-state index is 11.5. The molecule has 6 nitrogen and oxygen atoms in total. The van der Waals surface area contributed by atoms with Gasteiger partial charge in [0.15, 0.2) is 11.7 Å². The Morgan fingerprint density at radius 3 is 2.57 bits per heavy atom. The number of ether oxygens (including phenoxy) is 1. The van der Waals surface area contributed by atoms with Gasteiger partial charge in [0.1, 0.15) is 5.75 Å². The highest BCUT2D eigenvalue weighted by molar-refractivity contribution is 7.80. The summed E-state index contributed by atoms with van der Waals surface area (Å²) < 4.78 is 5.24. The molecular weight excluding hydrogens is 314 g/mol. The first-order valence-corrected chi connectivity index (χ1v) is 6.95. The quantitative estimate of drug-likeness (QED) is 0.575. The lowest BCUT2D eigenvalue weighted by molar-refractivity contribution is -0.124. The fourth-order valence-electron chi connectivity index (χ4n) is 1.16. The second-order valence-electron chi connectivity index (χ2n) is 4.37. The van der Waals surface area contributed by atoms with Crippen LogP contribution in [-0.2, 0) is 9.59 Å². The molecule has 0 heterocycles. The summed E-state index contributed by atoms with van der Waals surface area (Å²) in [6, 6.07) is 6.81. The van der Waals surface area contributed by atoms with Crippen LogP contribution < -0.4 is 20.9 Å². The highest BCUT2D eigenvalue weighted by Crippen LogP contribution is 2.22. The Balaban J connectivity index is 2.30. The van der Waals surface area contributed by atoms with Gasteiger partial charge in [-0.05, 0) is 24.4 Å². The monoisotopic (exact) mass is 329 g/mol. The van der Waals surface area contributed by atoms with Crippen molar-refractivity contribution in [1.29, 1.82) is 0 Å². The minimum atomic E-state index is -0.462. The topological polar surface area (TPSA) is 79.5 Å². The van der Waals surface area contributed by atoms with Gasteiger partial charge in [-0.3, -0.25) is 20.4 Å². The van der Waals surface area contributed by atoms with Gasteiger partial charge >= 0.3 is 0 Å². The zero-order valence-electron chi connectivity index (χ0n) is 11.6. The second-order valence-corrected chi connectivity index (χ2v) is 5.18. The van der Waals surface area contributed by atoms with Gasteiger partial charge in [0.05, 0.1) is 5.02 Å². The molecule has 114 valence electrons. The average Bonchev–Trinajstić information content (AvgIpc) is 2.44. The molecule has 0 saturated carbocycles. The van der Waals surface area contributed by atoms with Crippen LogP contribution in [-0.4, -0.2) is 23.5 Å². The molecule has 0 unspecified atom stereocenters. The molecule has 1 aromatic carbocycles. The number of carbonyl (C=O) groups excluding carboxylic acids is 2. The van der Waals surface area contributed by atoms with E-state index in [-0.39, 0.29) is 23.5 Å². The van der Waals surface area contributed by atoms with Crippen molar-refractivity contribution in [1.82, 2.24) is 16.2 Å². The number of hydrogen-bond acceptors (Lipinski definition) is 4. The van der Waals surface area contributed by atoms with Crippen molar-refractivity contribution in [3.05, 3.63) is 29.3 Å². The van der Waals surface area contributed by atoms with Crippen LogP contribution in [0.4, 0.5) is 0 Å². The van der Waals surface area contributed by atoms with Crippen molar-refractivity contribution in [2.75, 3.05) is 6.61 Å². The number of benzene rings is 1. The SMILES string of the molecule is CC(C)C(=O)NC(=S)NNC(=O)COc1ccccc1Cl. The molecule has 0 spiro atoms. The molecule has 3 N–H and O–H groups in total. The molecular formula is C13H16ClN3O3S. The first kappa shape index (κ1) is 17.2. The molecule has 0 radical (unpaired) electrons. The molecule has 0 atom stereocenters. The minimum Gasteiger partial charge on any atom is -0.482 e. The molecule has 1 rings (SSSR count). The molecule has 1 aromatic rings. The molecule has 8 heteroatoms. The third-order valence-corrected chi connectivity index (χ3v) is 2.79. The van der Waals surface area contributed by atoms with Crippen molar-refractivity contribution < 1.29 is 14.3 Å². The van der Waals surface area contributed by atoms with E-state index in [1.54, 1.807) is 38.1 Å². The van der Waals surface area contributed by atoms with E-state index in [2.05, 4.69) is 16.2 Å². The third-order valence-electron chi connectivity index (χ3n) is 2.27. The van der Waals surface area contributed by atoms with E-state index >= 15 is 0 Å². The van der Waals surface area contributed by atoms with Crippen LogP contribution in [0.15, 0.2) is 24.3 Å². The Morgan fingerprint density at radius 2 is 1.95 bits per heavy atom. The van der Waals surface area contributed by atoms with Gasteiger partial charge in [-0.2, -0.15) is 0 Å². The van der Waals surface area contributed by atoms with Crippen LogP contribution in [0.5, 0.6) is 5.75 Å². The molecule has 0 aliphatic rings. The molecule has 21 heavy (non-hydrogen) atoms. The Bertz CT molecular complexity index is 537. The molecule has 0 saturated heterocycles. The summed E-state index contributed by atoms with van der Waals surface area (Å²) in [6.45, 7) is 3.22. The normalized spacial score (nSPS) is 9.90. The Hall–Kier alpha value is -1.86. The number of hydrogen-bond donors (Lipinski definition) is 3. The summed E-state index contributed by atoms with van der Waals surface area (Å²) in [6.07, 6.45) is 0. The van der Waals surface area contributed by atoms with Crippen LogP contribution in [0.1, 0.15) is 13.8 Å². The maximum Gasteiger partial charge on any atom is 0.276 e. The van der Waals surface area contributed by atoms with Crippen molar-refractivity contribution >= 4 is 40.7 Å². The van der Waals surface area contributed by atoms with Crippen LogP contribution in [0, 0.1) is 5.92 Å². The number of carbonyl (C=O) groups is 2. The smallest absolute Gasteiger partial charge is 0.276 e. The van der Waals surface area contributed by atoms with Gasteiger partial charge < -0.3 is 10.1 Å². The molecule has 0 aromatic heterocycles. The zero-order chi connectivity index (χ0) is 15.8. The number of nitrogens with one attached hydrogen (secondary N) is 3. The lowest BCUT2D eigenvalue weighted by Gasteiger charge is -2.12. The number of hydrazine groups is 1. The standard InChI is InChI=1S/C13H16ClN3O3S/c1-8(2)12(19)15-13(21)17-16-11(18)7-20-10-6-4-3-5-9(10)14/h3-6,8H,7H2,1-2H3,(H,16,18)(H2,15,17,19,21). The van der Waals surface area contributed by atoms with Crippen molar-refractivity contribution in [3.63, 3.8) is 0 Å². The van der Waals surface area contributed by atoms with Crippen LogP contribution in [0.25, 0.3) is 0 Å². The summed E-state index contributed by atoms with van der Waals surface area (Å²) in [5.41, 5.74) is 4.71. The summed E-state index contributed by atoms with van der Waals surface area (Å²) >= 11 is 10.7. The van der Waals surface area contributed by atoms with Crippen LogP contribution in [0.3, 0.4) is 0 Å². The van der Waals surface area contributed by atoms with Crippen molar-refractivity contribution in [2.24, 2.45) is 5.92 Å². The third kappa shape index (κ3) is 6.42. The van der Waals surface area contributed by atoms with Gasteiger partial charge in [-0.1, -0.05) is 37.6 Å². The van der Waals surface area contributed by atoms with E-state index < -0.39 is 5.91 Å². The molecule has 0 aliphatic heterocycles. The first-order valence-electron chi connectivity index (χ1n) is 6.17. The summed E-state index contributed by atoms with van der Waals surface area (Å²) in [5, 5.41) is 2.85. The summed E-state index contributed by atoms with van der Waals surface area (Å²) in [4.78, 5) is 22.9. The highest BCUT2D eigenvalue weighted by Gasteiger charge is 2.10. The molecule has 0 aliphatic carbocycles. The number of rotatable bonds is 4. The van der Waals surface area contributed by atoms with Crippen LogP contribution >= 0.6 is 23.8 Å². The number of amides is 2. The average molecular weight is 330 g/mol. The van der Waals surface area contributed by atoms with E-state index in [0.29, 0.717) is 10.8 Å². The Morgan fingerprint density at radius 1 is 1.29 bits per heavy atom. The van der Waals surface area contributed by atoms with Crippen molar-refractivity contribution in [3.8, 4) is 5.75 Å². The lowest BCUT2D eigenvalue weighted by Crippen LogP contribution is -2.50. The molecule has 0 bridgehead atoms. The predicted molar refractivity (Wildman–Crippen MR) is 83.8 cm³/mol. The fourth-order valence-corrected chi connectivity index (χ4v) is 1.50. The summed E-state index contributed by atoms with van der Waals surface area (Å²) in [5.74, 6) is -0.501. The first-order chi connectivity index (χ1) is 9.90. The van der Waals surface area contributed by atoms with Gasteiger partial charge in [0.2, 0.25) is 5.91 Å². The number of para-hydroxylation sites is 1. The predicted octanol–water partition coefficient (Wildman–Crippen LogP) is 1.40. The largest absolute Gasteiger partial charge is 0.482 e.